The molecule has 0 fully saturated rings. The summed E-state index contributed by atoms with van der Waals surface area (Å²) in [7, 11) is 5.63. The van der Waals surface area contributed by atoms with Crippen molar-refractivity contribution in [2.75, 3.05) is 34.9 Å². The van der Waals surface area contributed by atoms with E-state index < -0.39 is 65.6 Å². The van der Waals surface area contributed by atoms with Crippen molar-refractivity contribution < 1.29 is 52.5 Å². The number of alkyl carbamates (subject to hydrolysis) is 2. The molecule has 0 aromatic heterocycles. The lowest BCUT2D eigenvalue weighted by atomic mass is 9.93. The number of nitrogens with one attached hydrogen (secondary N) is 4. The molecule has 4 bridgehead atoms. The molecule has 3 aromatic rings. The zero-order valence-corrected chi connectivity index (χ0v) is 34.8. The summed E-state index contributed by atoms with van der Waals surface area (Å²) in [5.41, 5.74) is 2.14. The van der Waals surface area contributed by atoms with Gasteiger partial charge in [-0.25, -0.2) is 14.4 Å². The number of likely N-dealkylation sites (N-methyl/N-ethyl adjacent to an activating group) is 1. The smallest absolute Gasteiger partial charge is 0.408 e. The number of carbonyl (C=O) groups is 6. The normalized spacial score (nSPS) is 17.1. The van der Waals surface area contributed by atoms with Crippen molar-refractivity contribution >= 4 is 35.9 Å². The summed E-state index contributed by atoms with van der Waals surface area (Å²) >= 11 is 0. The third kappa shape index (κ3) is 12.8. The predicted octanol–water partition coefficient (Wildman–Crippen LogP) is 4.58. The third-order valence-electron chi connectivity index (χ3n) is 9.46. The highest BCUT2D eigenvalue weighted by molar-refractivity contribution is 5.95. The fourth-order valence-corrected chi connectivity index (χ4v) is 6.49. The fourth-order valence-electron chi connectivity index (χ4n) is 6.49. The molecule has 0 aliphatic carbocycles. The van der Waals surface area contributed by atoms with Gasteiger partial charge in [0.15, 0.2) is 0 Å². The van der Waals surface area contributed by atoms with Gasteiger partial charge in [-0.15, -0.1) is 0 Å². The molecular weight excluding hydrogens is 762 g/mol. The first-order chi connectivity index (χ1) is 28.0. The van der Waals surface area contributed by atoms with Crippen molar-refractivity contribution in [3.63, 3.8) is 0 Å². The zero-order chi connectivity index (χ0) is 43.3. The van der Waals surface area contributed by atoms with Gasteiger partial charge in [-0.05, 0) is 87.9 Å². The highest BCUT2D eigenvalue weighted by Crippen LogP contribution is 2.40. The summed E-state index contributed by atoms with van der Waals surface area (Å²) in [6, 6.07) is 14.5. The van der Waals surface area contributed by atoms with Gasteiger partial charge >= 0.3 is 18.2 Å². The van der Waals surface area contributed by atoms with Crippen molar-refractivity contribution in [3.8, 4) is 22.6 Å². The van der Waals surface area contributed by atoms with Crippen molar-refractivity contribution in [2.45, 2.75) is 89.8 Å². The van der Waals surface area contributed by atoms with Gasteiger partial charge in [0.1, 0.15) is 47.9 Å². The molecule has 0 saturated carbocycles. The highest BCUT2D eigenvalue weighted by atomic mass is 16.6. The number of benzene rings is 3. The Morgan fingerprint density at radius 2 is 1.51 bits per heavy atom. The molecule has 5 amide bonds. The van der Waals surface area contributed by atoms with E-state index in [1.165, 1.54) is 40.2 Å². The number of fused-ring (bicyclic) bond motifs is 5. The molecule has 1 heterocycles. The van der Waals surface area contributed by atoms with Crippen LogP contribution in [-0.4, -0.2) is 99.4 Å². The van der Waals surface area contributed by atoms with Crippen LogP contribution in [0.3, 0.4) is 0 Å². The van der Waals surface area contributed by atoms with Crippen LogP contribution in [0.5, 0.6) is 11.5 Å². The summed E-state index contributed by atoms with van der Waals surface area (Å²) < 4.78 is 27.2. The van der Waals surface area contributed by atoms with E-state index in [0.29, 0.717) is 46.6 Å². The van der Waals surface area contributed by atoms with Crippen LogP contribution >= 0.6 is 0 Å². The van der Waals surface area contributed by atoms with Gasteiger partial charge in [0, 0.05) is 31.1 Å². The average Bonchev–Trinajstić information content (AvgIpc) is 3.20. The lowest BCUT2D eigenvalue weighted by Gasteiger charge is -2.32. The third-order valence-corrected chi connectivity index (χ3v) is 9.46. The Morgan fingerprint density at radius 3 is 2.15 bits per heavy atom. The maximum absolute atomic E-state index is 14.6. The number of nitrogens with zero attached hydrogens (tertiary/aromatic N) is 1. The number of esters is 1. The van der Waals surface area contributed by atoms with Gasteiger partial charge < -0.3 is 49.9 Å². The number of ether oxygens (including phenoxy) is 5. The Balaban J connectivity index is 1.72. The van der Waals surface area contributed by atoms with Crippen molar-refractivity contribution in [3.05, 3.63) is 83.4 Å². The second-order valence-corrected chi connectivity index (χ2v) is 15.0. The Kier molecular flexibility index (Phi) is 16.1. The van der Waals surface area contributed by atoms with Crippen LogP contribution in [0.25, 0.3) is 11.1 Å². The van der Waals surface area contributed by atoms with Crippen LogP contribution in [0, 0.1) is 0 Å². The minimum Gasteiger partial charge on any atom is -0.496 e. The molecule has 0 radical (unpaired) electrons. The van der Waals surface area contributed by atoms with E-state index in [4.69, 9.17) is 23.7 Å². The predicted molar refractivity (Wildman–Crippen MR) is 217 cm³/mol. The van der Waals surface area contributed by atoms with E-state index in [-0.39, 0.29) is 26.0 Å². The number of carbonyl (C=O) groups excluding carboxylic acids is 6. The topological polar surface area (TPSA) is 200 Å². The molecule has 16 nitrogen and oxygen atoms in total. The van der Waals surface area contributed by atoms with Crippen LogP contribution in [-0.2, 0) is 46.4 Å². The molecule has 3 aromatic carbocycles. The van der Waals surface area contributed by atoms with Gasteiger partial charge in [-0.3, -0.25) is 14.4 Å². The summed E-state index contributed by atoms with van der Waals surface area (Å²) in [5, 5.41) is 10.7. The lowest BCUT2D eigenvalue weighted by molar-refractivity contribution is -0.145. The summed E-state index contributed by atoms with van der Waals surface area (Å²) in [6.45, 7) is 6.91. The monoisotopic (exact) mass is 817 g/mol. The van der Waals surface area contributed by atoms with Crippen LogP contribution in [0.1, 0.15) is 69.7 Å². The van der Waals surface area contributed by atoms with Gasteiger partial charge in [-0.1, -0.05) is 42.5 Å². The van der Waals surface area contributed by atoms with Crippen LogP contribution < -0.4 is 30.7 Å². The van der Waals surface area contributed by atoms with E-state index in [1.54, 1.807) is 81.4 Å². The number of hydrogen-bond acceptors (Lipinski definition) is 11. The number of methoxy groups -OCH3 is 3. The Morgan fingerprint density at radius 1 is 0.847 bits per heavy atom. The quantitative estimate of drug-likeness (QED) is 0.107. The molecule has 318 valence electrons. The van der Waals surface area contributed by atoms with Crippen molar-refractivity contribution in [1.29, 1.82) is 0 Å². The van der Waals surface area contributed by atoms with E-state index in [0.717, 1.165) is 5.56 Å². The number of unbranched alkanes of at least 4 members (excludes halogenated alkanes) is 1. The summed E-state index contributed by atoms with van der Waals surface area (Å²) in [4.78, 5) is 81.9. The van der Waals surface area contributed by atoms with E-state index in [2.05, 4.69) is 21.3 Å². The fraction of sp³-hybridized carbons (Fsp3) is 0.442. The number of amides is 5. The molecule has 0 saturated heterocycles. The van der Waals surface area contributed by atoms with E-state index in [1.807, 2.05) is 6.07 Å². The van der Waals surface area contributed by atoms with Gasteiger partial charge in [-0.2, -0.15) is 0 Å². The molecule has 4 rings (SSSR count). The van der Waals surface area contributed by atoms with Crippen LogP contribution in [0.2, 0.25) is 0 Å². The average molecular weight is 818 g/mol. The van der Waals surface area contributed by atoms with Gasteiger partial charge in [0.25, 0.3) is 0 Å². The molecule has 1 aliphatic rings. The SMILES string of the molecule is COC(=O)[C@@H]1Cc2ccc(OC)c(c2)-c2cc(ccc2OC)[C@H](N(C)C(=O)[C@H](CCCCNC(=O)OC(C)(C)C)NC(=O)OCc2ccccc2)C(=O)N[C@@H](C)C(=O)N1. The Labute approximate surface area is 344 Å². The maximum atomic E-state index is 14.6. The summed E-state index contributed by atoms with van der Waals surface area (Å²) in [5.74, 6) is -1.83. The number of rotatable bonds is 13. The van der Waals surface area contributed by atoms with Crippen LogP contribution in [0.15, 0.2) is 66.7 Å². The standard InChI is InChI=1S/C43H55N5O11/c1-26-37(49)46-33(40(52)57-8)23-28-17-19-34(55-6)30(22-28)31-24-29(18-20-35(31)56-7)36(38(50)45-26)48(5)39(51)32(16-12-13-21-44-41(53)59-43(2,3)4)47-42(54)58-25-27-14-10-9-11-15-27/h9-11,14-15,17-20,22,24,26,32-33,36H,12-13,16,21,23,25H2,1-8H3,(H,44,53)(H,45,50)(H,46,49)(H,47,54)/t26-,32-,33-,36-/m0/s1. The Bertz CT molecular complexity index is 1970. The Hall–Kier alpha value is -6.32. The van der Waals surface area contributed by atoms with Crippen LogP contribution in [0.4, 0.5) is 9.59 Å². The molecule has 4 N–H and O–H groups in total. The van der Waals surface area contributed by atoms with E-state index >= 15 is 0 Å². The minimum absolute atomic E-state index is 0.0513. The van der Waals surface area contributed by atoms with Gasteiger partial charge in [0.05, 0.1) is 21.3 Å². The van der Waals surface area contributed by atoms with Gasteiger partial charge in [0.2, 0.25) is 17.7 Å². The number of hydrogen-bond donors (Lipinski definition) is 4. The maximum Gasteiger partial charge on any atom is 0.408 e. The molecule has 1 aliphatic heterocycles. The molecule has 4 atom stereocenters. The minimum atomic E-state index is -1.35. The molecule has 16 heteroatoms. The zero-order valence-electron chi connectivity index (χ0n) is 34.8. The van der Waals surface area contributed by atoms with Crippen molar-refractivity contribution in [1.82, 2.24) is 26.2 Å². The first kappa shape index (κ1) is 45.4. The van der Waals surface area contributed by atoms with E-state index in [9.17, 15) is 28.8 Å². The molecule has 0 unspecified atom stereocenters. The largest absolute Gasteiger partial charge is 0.496 e. The lowest BCUT2D eigenvalue weighted by Crippen LogP contribution is -2.55. The highest BCUT2D eigenvalue weighted by Gasteiger charge is 2.36. The first-order valence-corrected chi connectivity index (χ1v) is 19.3. The molecular formula is C43H55N5O11. The second kappa shape index (κ2) is 20.9. The molecule has 0 spiro atoms. The molecule has 59 heavy (non-hydrogen) atoms. The van der Waals surface area contributed by atoms with Crippen molar-refractivity contribution in [2.24, 2.45) is 0 Å². The summed E-state index contributed by atoms with van der Waals surface area (Å²) in [6.07, 6.45) is -0.459. The second-order valence-electron chi connectivity index (χ2n) is 15.0. The first-order valence-electron chi connectivity index (χ1n) is 19.3.